The molecule has 2 N–H and O–H groups in total. The van der Waals surface area contributed by atoms with E-state index in [-0.39, 0.29) is 0 Å². The van der Waals surface area contributed by atoms with Gasteiger partial charge in [-0.05, 0) is 38.0 Å². The van der Waals surface area contributed by atoms with Gasteiger partial charge in [0.2, 0.25) is 0 Å². The van der Waals surface area contributed by atoms with Crippen LogP contribution in [-0.4, -0.2) is 10.7 Å². The molecule has 2 nitrogen and oxygen atoms in total. The van der Waals surface area contributed by atoms with Crippen molar-refractivity contribution in [3.63, 3.8) is 0 Å². The maximum Gasteiger partial charge on any atom is 0.0797 e. The highest BCUT2D eigenvalue weighted by molar-refractivity contribution is 7.99. The fraction of sp³-hybridized carbons (Fsp3) is 0.308. The largest absolute Gasteiger partial charge is 0.398 e. The van der Waals surface area contributed by atoms with Crippen LogP contribution in [0.15, 0.2) is 28.6 Å². The number of aryl methyl sites for hydroxylation is 3. The summed E-state index contributed by atoms with van der Waals surface area (Å²) in [5.41, 5.74) is 11.2. The fourth-order valence-corrected chi connectivity index (χ4v) is 3.53. The van der Waals surface area contributed by atoms with Crippen molar-refractivity contribution >= 4 is 28.8 Å². The molecular formula is C13H16N2S2. The van der Waals surface area contributed by atoms with Crippen LogP contribution in [0, 0.1) is 13.8 Å². The molecule has 2 aromatic rings. The summed E-state index contributed by atoms with van der Waals surface area (Å²) in [7, 11) is 0. The fourth-order valence-electron chi connectivity index (χ4n) is 1.59. The van der Waals surface area contributed by atoms with E-state index < -0.39 is 0 Å². The third kappa shape index (κ3) is 3.23. The second-order valence-corrected chi connectivity index (χ2v) is 6.08. The molecule has 0 fully saturated rings. The molecule has 90 valence electrons. The summed E-state index contributed by atoms with van der Waals surface area (Å²) in [6.45, 7) is 4.16. The molecule has 0 aliphatic heterocycles. The van der Waals surface area contributed by atoms with Crippen LogP contribution in [0.4, 0.5) is 5.69 Å². The van der Waals surface area contributed by atoms with Gasteiger partial charge in [0.15, 0.2) is 0 Å². The first-order valence-corrected chi connectivity index (χ1v) is 7.41. The zero-order valence-electron chi connectivity index (χ0n) is 10.1. The van der Waals surface area contributed by atoms with E-state index in [0.29, 0.717) is 0 Å². The van der Waals surface area contributed by atoms with Crippen molar-refractivity contribution in [2.45, 2.75) is 25.2 Å². The molecule has 1 heterocycles. The van der Waals surface area contributed by atoms with E-state index in [0.717, 1.165) is 23.6 Å². The predicted molar refractivity (Wildman–Crippen MR) is 76.9 cm³/mol. The summed E-state index contributed by atoms with van der Waals surface area (Å²) in [6.07, 6.45) is 1.06. The average molecular weight is 264 g/mol. The van der Waals surface area contributed by atoms with Crippen molar-refractivity contribution in [3.8, 4) is 0 Å². The van der Waals surface area contributed by atoms with Crippen LogP contribution in [0.1, 0.15) is 16.1 Å². The van der Waals surface area contributed by atoms with Crippen LogP contribution in [0.25, 0.3) is 0 Å². The SMILES string of the molecule is Cc1ccc(N)c(SCCc2scnc2C)c1. The summed E-state index contributed by atoms with van der Waals surface area (Å²) >= 11 is 3.56. The monoisotopic (exact) mass is 264 g/mol. The van der Waals surface area contributed by atoms with Crippen LogP contribution in [0.2, 0.25) is 0 Å². The van der Waals surface area contributed by atoms with Gasteiger partial charge in [-0.2, -0.15) is 0 Å². The Morgan fingerprint density at radius 1 is 1.35 bits per heavy atom. The normalized spacial score (nSPS) is 10.7. The van der Waals surface area contributed by atoms with Gasteiger partial charge in [0.25, 0.3) is 0 Å². The van der Waals surface area contributed by atoms with Gasteiger partial charge >= 0.3 is 0 Å². The van der Waals surface area contributed by atoms with Crippen LogP contribution in [-0.2, 0) is 6.42 Å². The number of aromatic nitrogens is 1. The number of rotatable bonds is 4. The van der Waals surface area contributed by atoms with Gasteiger partial charge in [0.1, 0.15) is 0 Å². The molecule has 0 saturated carbocycles. The summed E-state index contributed by atoms with van der Waals surface area (Å²) in [5.74, 6) is 1.05. The first kappa shape index (κ1) is 12.5. The molecule has 0 aliphatic rings. The molecule has 0 amide bonds. The molecule has 2 rings (SSSR count). The molecule has 1 aromatic carbocycles. The Hall–Kier alpha value is -1.00. The zero-order chi connectivity index (χ0) is 12.3. The Labute approximate surface area is 110 Å². The number of nitrogens with zero attached hydrogens (tertiary/aromatic N) is 1. The van der Waals surface area contributed by atoms with Gasteiger partial charge in [-0.15, -0.1) is 23.1 Å². The predicted octanol–water partition coefficient (Wildman–Crippen LogP) is 3.68. The quantitative estimate of drug-likeness (QED) is 0.676. The Balaban J connectivity index is 1.94. The second-order valence-electron chi connectivity index (χ2n) is 4.00. The lowest BCUT2D eigenvalue weighted by Crippen LogP contribution is -1.92. The van der Waals surface area contributed by atoms with Crippen LogP contribution in [0.5, 0.6) is 0 Å². The van der Waals surface area contributed by atoms with Gasteiger partial charge in [0, 0.05) is 21.2 Å². The number of nitrogens with two attached hydrogens (primary N) is 1. The highest BCUT2D eigenvalue weighted by Crippen LogP contribution is 2.27. The van der Waals surface area contributed by atoms with Gasteiger partial charge in [0.05, 0.1) is 11.2 Å². The van der Waals surface area contributed by atoms with Crippen molar-refractivity contribution in [1.82, 2.24) is 4.98 Å². The maximum atomic E-state index is 5.95. The first-order valence-electron chi connectivity index (χ1n) is 5.54. The average Bonchev–Trinajstić information content (AvgIpc) is 2.70. The smallest absolute Gasteiger partial charge is 0.0797 e. The van der Waals surface area contributed by atoms with Crippen molar-refractivity contribution in [3.05, 3.63) is 39.8 Å². The van der Waals surface area contributed by atoms with E-state index in [2.05, 4.69) is 24.9 Å². The molecular weight excluding hydrogens is 248 g/mol. The molecule has 0 radical (unpaired) electrons. The Kier molecular flexibility index (Phi) is 4.07. The van der Waals surface area contributed by atoms with E-state index in [4.69, 9.17) is 5.73 Å². The minimum Gasteiger partial charge on any atom is -0.398 e. The van der Waals surface area contributed by atoms with Crippen molar-refractivity contribution in [2.24, 2.45) is 0 Å². The third-order valence-corrected chi connectivity index (χ3v) is 4.67. The molecule has 0 bridgehead atoms. The van der Waals surface area contributed by atoms with E-state index in [1.807, 2.05) is 29.4 Å². The molecule has 0 saturated heterocycles. The third-order valence-electron chi connectivity index (χ3n) is 2.60. The summed E-state index contributed by atoms with van der Waals surface area (Å²) in [5, 5.41) is 0. The lowest BCUT2D eigenvalue weighted by molar-refractivity contribution is 1.12. The number of benzene rings is 1. The van der Waals surface area contributed by atoms with Crippen LogP contribution >= 0.6 is 23.1 Å². The van der Waals surface area contributed by atoms with Gasteiger partial charge in [-0.1, -0.05) is 6.07 Å². The van der Waals surface area contributed by atoms with Crippen molar-refractivity contribution in [1.29, 1.82) is 0 Å². The second kappa shape index (κ2) is 5.56. The molecule has 1 aromatic heterocycles. The minimum absolute atomic E-state index is 0.877. The number of hydrogen-bond acceptors (Lipinski definition) is 4. The number of nitrogen functional groups attached to an aromatic ring is 1. The van der Waals surface area contributed by atoms with Gasteiger partial charge < -0.3 is 5.73 Å². The highest BCUT2D eigenvalue weighted by atomic mass is 32.2. The minimum atomic E-state index is 0.877. The Bertz CT molecular complexity index is 506. The summed E-state index contributed by atoms with van der Waals surface area (Å²) in [4.78, 5) is 6.82. The molecule has 0 atom stereocenters. The molecule has 0 spiro atoms. The van der Waals surface area contributed by atoms with E-state index >= 15 is 0 Å². The van der Waals surface area contributed by atoms with Crippen molar-refractivity contribution in [2.75, 3.05) is 11.5 Å². The number of hydrogen-bond donors (Lipinski definition) is 1. The number of thioether (sulfide) groups is 1. The Morgan fingerprint density at radius 3 is 2.88 bits per heavy atom. The highest BCUT2D eigenvalue weighted by Gasteiger charge is 2.04. The van der Waals surface area contributed by atoms with E-state index in [9.17, 15) is 0 Å². The van der Waals surface area contributed by atoms with Crippen molar-refractivity contribution < 1.29 is 0 Å². The zero-order valence-corrected chi connectivity index (χ0v) is 11.7. The van der Waals surface area contributed by atoms with Crippen LogP contribution < -0.4 is 5.73 Å². The van der Waals surface area contributed by atoms with Gasteiger partial charge in [-0.25, -0.2) is 4.98 Å². The summed E-state index contributed by atoms with van der Waals surface area (Å²) < 4.78 is 0. The molecule has 17 heavy (non-hydrogen) atoms. The molecule has 4 heteroatoms. The van der Waals surface area contributed by atoms with Crippen LogP contribution in [0.3, 0.4) is 0 Å². The Morgan fingerprint density at radius 2 is 2.18 bits per heavy atom. The number of thiazole rings is 1. The number of anilines is 1. The molecule has 0 aliphatic carbocycles. The lowest BCUT2D eigenvalue weighted by atomic mass is 10.2. The lowest BCUT2D eigenvalue weighted by Gasteiger charge is -2.06. The van der Waals surface area contributed by atoms with E-state index in [1.165, 1.54) is 15.3 Å². The topological polar surface area (TPSA) is 38.9 Å². The maximum absolute atomic E-state index is 5.95. The standard InChI is InChI=1S/C13H16N2S2/c1-9-3-4-11(14)13(7-9)16-6-5-12-10(2)15-8-17-12/h3-4,7-8H,5-6,14H2,1-2H3. The summed E-state index contributed by atoms with van der Waals surface area (Å²) in [6, 6.07) is 6.18. The first-order chi connectivity index (χ1) is 8.16. The van der Waals surface area contributed by atoms with E-state index in [1.54, 1.807) is 11.3 Å². The van der Waals surface area contributed by atoms with Gasteiger partial charge in [-0.3, -0.25) is 0 Å². The molecule has 0 unspecified atom stereocenters.